The Morgan fingerprint density at radius 1 is 1.48 bits per heavy atom. The molecule has 114 valence electrons. The van der Waals surface area contributed by atoms with Gasteiger partial charge in [0.2, 0.25) is 0 Å². The smallest absolute Gasteiger partial charge is 0.337 e. The van der Waals surface area contributed by atoms with Crippen molar-refractivity contribution in [2.75, 3.05) is 25.6 Å². The summed E-state index contributed by atoms with van der Waals surface area (Å²) in [6.45, 7) is 0.916. The van der Waals surface area contributed by atoms with Gasteiger partial charge in [-0.1, -0.05) is 11.6 Å². The summed E-state index contributed by atoms with van der Waals surface area (Å²) in [6.07, 6.45) is 1.92. The Morgan fingerprint density at radius 3 is 2.76 bits per heavy atom. The molecule has 0 bridgehead atoms. The number of amides is 2. The lowest BCUT2D eigenvalue weighted by Crippen LogP contribution is -2.39. The van der Waals surface area contributed by atoms with Crippen molar-refractivity contribution in [3.8, 4) is 0 Å². The number of urea groups is 1. The molecule has 21 heavy (non-hydrogen) atoms. The zero-order valence-electron chi connectivity index (χ0n) is 11.6. The molecule has 2 N–H and O–H groups in total. The number of ether oxygens (including phenoxy) is 1. The highest BCUT2D eigenvalue weighted by Crippen LogP contribution is 2.28. The number of hydrogen-bond donors (Lipinski definition) is 2. The normalized spacial score (nSPS) is 13.8. The first kappa shape index (κ1) is 15.6. The van der Waals surface area contributed by atoms with Crippen LogP contribution in [0.4, 0.5) is 10.5 Å². The number of carboxylic acid groups (broad SMARTS) is 1. The Morgan fingerprint density at radius 2 is 2.19 bits per heavy atom. The summed E-state index contributed by atoms with van der Waals surface area (Å²) in [7, 11) is 1.57. The fraction of sp³-hybridized carbons (Fsp3) is 0.429. The SMILES string of the molecule is COCCN(C(=O)Nc1ccc(Cl)cc1C(=O)O)C1CC1. The zero-order valence-corrected chi connectivity index (χ0v) is 12.4. The number of carbonyl (C=O) groups is 2. The Labute approximate surface area is 127 Å². The lowest BCUT2D eigenvalue weighted by Gasteiger charge is -2.23. The predicted octanol–water partition coefficient (Wildman–Crippen LogP) is 2.68. The molecule has 1 aliphatic rings. The van der Waals surface area contributed by atoms with E-state index < -0.39 is 5.97 Å². The third-order valence-corrected chi connectivity index (χ3v) is 3.47. The number of rotatable bonds is 6. The number of aromatic carboxylic acids is 1. The topological polar surface area (TPSA) is 78.9 Å². The van der Waals surface area contributed by atoms with Gasteiger partial charge in [-0.15, -0.1) is 0 Å². The molecule has 6 nitrogen and oxygen atoms in total. The molecule has 2 rings (SSSR count). The van der Waals surface area contributed by atoms with Crippen LogP contribution in [0.1, 0.15) is 23.2 Å². The molecule has 0 spiro atoms. The molecule has 0 atom stereocenters. The van der Waals surface area contributed by atoms with Crippen molar-refractivity contribution < 1.29 is 19.4 Å². The lowest BCUT2D eigenvalue weighted by atomic mass is 10.2. The number of hydrogen-bond acceptors (Lipinski definition) is 3. The van der Waals surface area contributed by atoms with Crippen LogP contribution in [0, 0.1) is 0 Å². The molecule has 0 radical (unpaired) electrons. The molecule has 0 saturated heterocycles. The van der Waals surface area contributed by atoms with Gasteiger partial charge < -0.3 is 20.1 Å². The van der Waals surface area contributed by atoms with Gasteiger partial charge in [-0.25, -0.2) is 9.59 Å². The molecule has 0 heterocycles. The number of carboxylic acids is 1. The fourth-order valence-electron chi connectivity index (χ4n) is 2.02. The van der Waals surface area contributed by atoms with E-state index in [4.69, 9.17) is 21.4 Å². The van der Waals surface area contributed by atoms with Crippen molar-refractivity contribution in [3.63, 3.8) is 0 Å². The van der Waals surface area contributed by atoms with Crippen molar-refractivity contribution in [3.05, 3.63) is 28.8 Å². The standard InChI is InChI=1S/C14H17ClN2O4/c1-21-7-6-17(10-3-4-10)14(20)16-12-5-2-9(15)8-11(12)13(18)19/h2,5,8,10H,3-4,6-7H2,1H3,(H,16,20)(H,18,19). The van der Waals surface area contributed by atoms with Gasteiger partial charge >= 0.3 is 12.0 Å². The van der Waals surface area contributed by atoms with Crippen LogP contribution in [0.15, 0.2) is 18.2 Å². The van der Waals surface area contributed by atoms with Crippen LogP contribution in [-0.2, 0) is 4.74 Å². The summed E-state index contributed by atoms with van der Waals surface area (Å²) in [5.74, 6) is -1.14. The first-order valence-electron chi connectivity index (χ1n) is 6.62. The number of halogens is 1. The van der Waals surface area contributed by atoms with Crippen LogP contribution in [0.2, 0.25) is 5.02 Å². The quantitative estimate of drug-likeness (QED) is 0.846. The van der Waals surface area contributed by atoms with Crippen molar-refractivity contribution >= 4 is 29.3 Å². The number of methoxy groups -OCH3 is 1. The van der Waals surface area contributed by atoms with E-state index in [1.54, 1.807) is 18.1 Å². The van der Waals surface area contributed by atoms with Crippen LogP contribution in [0.25, 0.3) is 0 Å². The zero-order chi connectivity index (χ0) is 15.4. The summed E-state index contributed by atoms with van der Waals surface area (Å²) in [5, 5.41) is 12.1. The highest BCUT2D eigenvalue weighted by Gasteiger charge is 2.32. The molecule has 7 heteroatoms. The number of anilines is 1. The van der Waals surface area contributed by atoms with Crippen molar-refractivity contribution in [2.24, 2.45) is 0 Å². The molecule has 1 fully saturated rings. The minimum absolute atomic E-state index is 0.0293. The highest BCUT2D eigenvalue weighted by molar-refractivity contribution is 6.31. The van der Waals surface area contributed by atoms with Crippen LogP contribution < -0.4 is 5.32 Å². The third-order valence-electron chi connectivity index (χ3n) is 3.24. The number of nitrogens with zero attached hydrogens (tertiary/aromatic N) is 1. The minimum atomic E-state index is -1.14. The predicted molar refractivity (Wildman–Crippen MR) is 79.0 cm³/mol. The summed E-state index contributed by atoms with van der Waals surface area (Å²) >= 11 is 5.79. The van der Waals surface area contributed by atoms with E-state index in [0.29, 0.717) is 18.2 Å². The van der Waals surface area contributed by atoms with Crippen LogP contribution in [0.3, 0.4) is 0 Å². The van der Waals surface area contributed by atoms with Gasteiger partial charge in [-0.2, -0.15) is 0 Å². The van der Waals surface area contributed by atoms with Gasteiger partial charge in [0.05, 0.1) is 17.9 Å². The molecule has 1 aliphatic carbocycles. The molecule has 0 unspecified atom stereocenters. The largest absolute Gasteiger partial charge is 0.478 e. The van der Waals surface area contributed by atoms with Crippen molar-refractivity contribution in [1.29, 1.82) is 0 Å². The molecule has 1 aromatic rings. The summed E-state index contributed by atoms with van der Waals surface area (Å²) in [6, 6.07) is 4.24. The monoisotopic (exact) mass is 312 g/mol. The van der Waals surface area contributed by atoms with Gasteiger partial charge in [-0.05, 0) is 31.0 Å². The summed E-state index contributed by atoms with van der Waals surface area (Å²) in [5.41, 5.74) is 0.207. The Bertz CT molecular complexity index is 546. The van der Waals surface area contributed by atoms with Gasteiger partial charge in [0.15, 0.2) is 0 Å². The van der Waals surface area contributed by atoms with Crippen LogP contribution >= 0.6 is 11.6 Å². The minimum Gasteiger partial charge on any atom is -0.478 e. The highest BCUT2D eigenvalue weighted by atomic mass is 35.5. The Kier molecular flexibility index (Phi) is 5.03. The average molecular weight is 313 g/mol. The molecule has 2 amide bonds. The van der Waals surface area contributed by atoms with E-state index in [2.05, 4.69) is 5.32 Å². The molecule has 1 saturated carbocycles. The first-order valence-corrected chi connectivity index (χ1v) is 7.00. The maximum Gasteiger partial charge on any atom is 0.337 e. The van der Waals surface area contributed by atoms with Gasteiger partial charge in [0.25, 0.3) is 0 Å². The molecule has 0 aromatic heterocycles. The Hall–Kier alpha value is -1.79. The number of carbonyl (C=O) groups excluding carboxylic acids is 1. The third kappa shape index (κ3) is 4.09. The van der Waals surface area contributed by atoms with E-state index in [1.807, 2.05) is 0 Å². The molecule has 1 aromatic carbocycles. The number of benzene rings is 1. The average Bonchev–Trinajstić information content (AvgIpc) is 3.25. The maximum absolute atomic E-state index is 12.3. The fourth-order valence-corrected chi connectivity index (χ4v) is 2.19. The van der Waals surface area contributed by atoms with E-state index in [-0.39, 0.29) is 23.3 Å². The second-order valence-electron chi connectivity index (χ2n) is 4.84. The van der Waals surface area contributed by atoms with Crippen molar-refractivity contribution in [1.82, 2.24) is 4.90 Å². The first-order chi connectivity index (χ1) is 10.0. The molecule has 0 aliphatic heterocycles. The van der Waals surface area contributed by atoms with E-state index >= 15 is 0 Å². The van der Waals surface area contributed by atoms with Crippen LogP contribution in [0.5, 0.6) is 0 Å². The van der Waals surface area contributed by atoms with E-state index in [0.717, 1.165) is 12.8 Å². The summed E-state index contributed by atoms with van der Waals surface area (Å²) in [4.78, 5) is 25.2. The van der Waals surface area contributed by atoms with Gasteiger partial charge in [0.1, 0.15) is 0 Å². The lowest BCUT2D eigenvalue weighted by molar-refractivity contribution is 0.0698. The number of nitrogens with one attached hydrogen (secondary N) is 1. The van der Waals surface area contributed by atoms with Crippen molar-refractivity contribution in [2.45, 2.75) is 18.9 Å². The second kappa shape index (κ2) is 6.78. The Balaban J connectivity index is 2.12. The molecular weight excluding hydrogens is 296 g/mol. The van der Waals surface area contributed by atoms with Gasteiger partial charge in [0, 0.05) is 24.7 Å². The van der Waals surface area contributed by atoms with E-state index in [9.17, 15) is 9.59 Å². The maximum atomic E-state index is 12.3. The second-order valence-corrected chi connectivity index (χ2v) is 5.28. The van der Waals surface area contributed by atoms with Gasteiger partial charge in [-0.3, -0.25) is 0 Å². The summed E-state index contributed by atoms with van der Waals surface area (Å²) < 4.78 is 5.00. The molecular formula is C14H17ClN2O4. The van der Waals surface area contributed by atoms with E-state index in [1.165, 1.54) is 12.1 Å². The van der Waals surface area contributed by atoms with Crippen LogP contribution in [-0.4, -0.2) is 48.3 Å².